The van der Waals surface area contributed by atoms with Crippen molar-refractivity contribution in [2.75, 3.05) is 13.7 Å². The van der Waals surface area contributed by atoms with E-state index in [2.05, 4.69) is 12.6 Å². The summed E-state index contributed by atoms with van der Waals surface area (Å²) < 4.78 is 16.5. The van der Waals surface area contributed by atoms with Crippen LogP contribution in [0.2, 0.25) is 5.02 Å². The second-order valence-electron chi connectivity index (χ2n) is 5.78. The van der Waals surface area contributed by atoms with Gasteiger partial charge in [-0.3, -0.25) is 0 Å². The summed E-state index contributed by atoms with van der Waals surface area (Å²) in [6.45, 7) is 3.88. The van der Waals surface area contributed by atoms with Gasteiger partial charge in [0.1, 0.15) is 29.7 Å². The van der Waals surface area contributed by atoms with E-state index in [9.17, 15) is 10.4 Å². The number of benzene rings is 2. The molecule has 0 radical (unpaired) electrons. The molecule has 0 saturated carbocycles. The molecule has 0 aromatic heterocycles. The standard InChI is InChI=1S/C20H17ClN2O4/c1-3-6-26-19-15(21)7-11(8-17(19)25-2)18-13-5-4-12(24)9-16(13)27-20(23)14(18)10-22/h3-5,7-9,18,24H,1,6,23H2,2H3/t18-/m0/s1. The molecule has 0 fully saturated rings. The number of nitrogens with zero attached hydrogens (tertiary/aromatic N) is 1. The number of ether oxygens (including phenoxy) is 3. The van der Waals surface area contributed by atoms with Gasteiger partial charge in [0.2, 0.25) is 5.88 Å². The van der Waals surface area contributed by atoms with E-state index in [1.807, 2.05) is 0 Å². The van der Waals surface area contributed by atoms with Gasteiger partial charge in [0.15, 0.2) is 11.5 Å². The minimum absolute atomic E-state index is 0.0253. The molecular weight excluding hydrogens is 368 g/mol. The molecule has 0 spiro atoms. The van der Waals surface area contributed by atoms with Gasteiger partial charge in [0.05, 0.1) is 18.1 Å². The maximum Gasteiger partial charge on any atom is 0.205 e. The molecule has 1 aliphatic rings. The van der Waals surface area contributed by atoms with Crippen molar-refractivity contribution < 1.29 is 19.3 Å². The molecule has 0 aliphatic carbocycles. The minimum Gasteiger partial charge on any atom is -0.508 e. The Kier molecular flexibility index (Phi) is 5.15. The molecule has 138 valence electrons. The van der Waals surface area contributed by atoms with Gasteiger partial charge in [-0.1, -0.05) is 30.3 Å². The van der Waals surface area contributed by atoms with Crippen LogP contribution in [0.15, 0.2) is 54.4 Å². The van der Waals surface area contributed by atoms with E-state index in [0.29, 0.717) is 33.4 Å². The number of nitriles is 1. The molecule has 3 N–H and O–H groups in total. The van der Waals surface area contributed by atoms with Crippen molar-refractivity contribution in [3.63, 3.8) is 0 Å². The van der Waals surface area contributed by atoms with Crippen LogP contribution >= 0.6 is 11.6 Å². The lowest BCUT2D eigenvalue weighted by molar-refractivity contribution is 0.326. The number of phenols is 1. The lowest BCUT2D eigenvalue weighted by Crippen LogP contribution is -2.21. The lowest BCUT2D eigenvalue weighted by Gasteiger charge is -2.27. The van der Waals surface area contributed by atoms with E-state index in [0.717, 1.165) is 0 Å². The van der Waals surface area contributed by atoms with Gasteiger partial charge < -0.3 is 25.1 Å². The summed E-state index contributed by atoms with van der Waals surface area (Å²) in [6.07, 6.45) is 1.60. The predicted molar refractivity (Wildman–Crippen MR) is 101 cm³/mol. The predicted octanol–water partition coefficient (Wildman–Crippen LogP) is 3.84. The molecule has 1 aliphatic heterocycles. The number of rotatable bonds is 5. The number of methoxy groups -OCH3 is 1. The molecule has 1 atom stereocenters. The molecule has 0 unspecified atom stereocenters. The maximum atomic E-state index is 9.73. The highest BCUT2D eigenvalue weighted by Crippen LogP contribution is 2.46. The fraction of sp³-hybridized carbons (Fsp3) is 0.150. The fourth-order valence-corrected chi connectivity index (χ4v) is 3.25. The summed E-state index contributed by atoms with van der Waals surface area (Å²) in [7, 11) is 1.50. The van der Waals surface area contributed by atoms with Crippen LogP contribution in [0, 0.1) is 11.3 Å². The average molecular weight is 385 g/mol. The van der Waals surface area contributed by atoms with Gasteiger partial charge in [-0.05, 0) is 23.8 Å². The highest BCUT2D eigenvalue weighted by atomic mass is 35.5. The third kappa shape index (κ3) is 3.37. The van der Waals surface area contributed by atoms with E-state index in [-0.39, 0.29) is 23.8 Å². The van der Waals surface area contributed by atoms with Gasteiger partial charge in [0, 0.05) is 11.6 Å². The monoisotopic (exact) mass is 384 g/mol. The first kappa shape index (κ1) is 18.5. The average Bonchev–Trinajstić information content (AvgIpc) is 2.65. The first-order valence-electron chi connectivity index (χ1n) is 8.01. The van der Waals surface area contributed by atoms with E-state index < -0.39 is 5.92 Å². The Morgan fingerprint density at radius 3 is 2.85 bits per heavy atom. The first-order valence-corrected chi connectivity index (χ1v) is 8.39. The number of hydrogen-bond donors (Lipinski definition) is 2. The van der Waals surface area contributed by atoms with Crippen molar-refractivity contribution in [2.24, 2.45) is 5.73 Å². The normalized spacial score (nSPS) is 15.4. The molecule has 2 aromatic rings. The van der Waals surface area contributed by atoms with Crippen LogP contribution in [0.25, 0.3) is 0 Å². The van der Waals surface area contributed by atoms with Gasteiger partial charge in [-0.25, -0.2) is 0 Å². The third-order valence-electron chi connectivity index (χ3n) is 4.13. The minimum atomic E-state index is -0.529. The summed E-state index contributed by atoms with van der Waals surface area (Å²) in [5.74, 6) is 0.656. The molecule has 0 amide bonds. The largest absolute Gasteiger partial charge is 0.508 e. The van der Waals surface area contributed by atoms with Crippen LogP contribution in [-0.2, 0) is 0 Å². The van der Waals surface area contributed by atoms with Crippen molar-refractivity contribution in [1.82, 2.24) is 0 Å². The number of aromatic hydroxyl groups is 1. The molecule has 0 bridgehead atoms. The zero-order valence-electron chi connectivity index (χ0n) is 14.5. The third-order valence-corrected chi connectivity index (χ3v) is 4.41. The highest BCUT2D eigenvalue weighted by molar-refractivity contribution is 6.32. The maximum absolute atomic E-state index is 9.73. The number of halogens is 1. The zero-order valence-corrected chi connectivity index (χ0v) is 15.3. The van der Waals surface area contributed by atoms with Crippen LogP contribution in [0.5, 0.6) is 23.0 Å². The molecule has 2 aromatic carbocycles. The summed E-state index contributed by atoms with van der Waals surface area (Å²) in [5, 5.41) is 19.7. The van der Waals surface area contributed by atoms with Crippen molar-refractivity contribution >= 4 is 11.6 Å². The number of allylic oxidation sites excluding steroid dienone is 1. The van der Waals surface area contributed by atoms with E-state index >= 15 is 0 Å². The number of hydrogen-bond acceptors (Lipinski definition) is 6. The van der Waals surface area contributed by atoms with Crippen molar-refractivity contribution in [3.8, 4) is 29.1 Å². The van der Waals surface area contributed by atoms with Crippen LogP contribution in [0.4, 0.5) is 0 Å². The Balaban J connectivity index is 2.18. The SMILES string of the molecule is C=CCOc1c(Cl)cc([C@@H]2C(C#N)=C(N)Oc3cc(O)ccc32)cc1OC. The molecule has 6 nitrogen and oxygen atoms in total. The van der Waals surface area contributed by atoms with Gasteiger partial charge in [-0.15, -0.1) is 0 Å². The molecule has 27 heavy (non-hydrogen) atoms. The molecule has 1 heterocycles. The van der Waals surface area contributed by atoms with E-state index in [1.165, 1.54) is 19.2 Å². The van der Waals surface area contributed by atoms with Crippen molar-refractivity contribution in [1.29, 1.82) is 5.26 Å². The number of phenolic OH excluding ortho intramolecular Hbond substituents is 1. The summed E-state index contributed by atoms with van der Waals surface area (Å²) >= 11 is 6.41. The zero-order chi connectivity index (χ0) is 19.6. The highest BCUT2D eigenvalue weighted by Gasteiger charge is 2.32. The Morgan fingerprint density at radius 1 is 1.41 bits per heavy atom. The van der Waals surface area contributed by atoms with Gasteiger partial charge >= 0.3 is 0 Å². The van der Waals surface area contributed by atoms with Gasteiger partial charge in [-0.2, -0.15) is 5.26 Å². The number of fused-ring (bicyclic) bond motifs is 1. The molecule has 3 rings (SSSR count). The Hall–Kier alpha value is -3.30. The summed E-state index contributed by atoms with van der Waals surface area (Å²) in [4.78, 5) is 0. The van der Waals surface area contributed by atoms with E-state index in [4.69, 9.17) is 31.5 Å². The Bertz CT molecular complexity index is 979. The topological polar surface area (TPSA) is 97.7 Å². The molecule has 0 saturated heterocycles. The lowest BCUT2D eigenvalue weighted by atomic mass is 9.83. The fourth-order valence-electron chi connectivity index (χ4n) is 2.98. The molecular formula is C20H17ClN2O4. The smallest absolute Gasteiger partial charge is 0.205 e. The Labute approximate surface area is 161 Å². The quantitative estimate of drug-likeness (QED) is 0.760. The van der Waals surface area contributed by atoms with Crippen LogP contribution < -0.4 is 19.9 Å². The Morgan fingerprint density at radius 2 is 2.19 bits per heavy atom. The second-order valence-corrected chi connectivity index (χ2v) is 6.19. The van der Waals surface area contributed by atoms with Gasteiger partial charge in [0.25, 0.3) is 0 Å². The first-order chi connectivity index (χ1) is 13.0. The number of nitrogens with two attached hydrogens (primary N) is 1. The van der Waals surface area contributed by atoms with Crippen LogP contribution in [-0.4, -0.2) is 18.8 Å². The summed E-state index contributed by atoms with van der Waals surface area (Å²) in [5.41, 5.74) is 7.54. The van der Waals surface area contributed by atoms with Crippen molar-refractivity contribution in [2.45, 2.75) is 5.92 Å². The summed E-state index contributed by atoms with van der Waals surface area (Å²) in [6, 6.07) is 10.2. The van der Waals surface area contributed by atoms with Crippen molar-refractivity contribution in [3.05, 3.63) is 70.6 Å². The van der Waals surface area contributed by atoms with Crippen LogP contribution in [0.3, 0.4) is 0 Å². The molecule has 7 heteroatoms. The van der Waals surface area contributed by atoms with E-state index in [1.54, 1.807) is 24.3 Å². The second kappa shape index (κ2) is 7.52. The van der Waals surface area contributed by atoms with Crippen LogP contribution in [0.1, 0.15) is 17.0 Å².